The fourth-order valence-corrected chi connectivity index (χ4v) is 2.11. The van der Waals surface area contributed by atoms with Crippen LogP contribution in [0.15, 0.2) is 24.3 Å². The van der Waals surface area contributed by atoms with Gasteiger partial charge in [0.15, 0.2) is 0 Å². The van der Waals surface area contributed by atoms with Crippen LogP contribution in [0.2, 0.25) is 0 Å². The first-order valence-corrected chi connectivity index (χ1v) is 5.84. The summed E-state index contributed by atoms with van der Waals surface area (Å²) in [6, 6.07) is 9.43. The standard InChI is InChI=1S/C13H20N2/c1-11-3-2-4-12(9-11)10-15-13-5-7-14-8-6-13/h2-4,9,13-15H,5-8,10H2,1H3. The first-order chi connectivity index (χ1) is 7.34. The SMILES string of the molecule is Cc1cccc(CNC2CCNCC2)c1. The summed E-state index contributed by atoms with van der Waals surface area (Å²) < 4.78 is 0. The molecule has 0 spiro atoms. The fourth-order valence-electron chi connectivity index (χ4n) is 2.11. The van der Waals surface area contributed by atoms with Crippen LogP contribution in [0.3, 0.4) is 0 Å². The Kier molecular flexibility index (Phi) is 3.75. The quantitative estimate of drug-likeness (QED) is 0.785. The molecule has 1 aromatic carbocycles. The highest BCUT2D eigenvalue weighted by atomic mass is 15.0. The van der Waals surface area contributed by atoms with E-state index in [-0.39, 0.29) is 0 Å². The van der Waals surface area contributed by atoms with Crippen molar-refractivity contribution in [3.8, 4) is 0 Å². The van der Waals surface area contributed by atoms with E-state index in [1.807, 2.05) is 0 Å². The van der Waals surface area contributed by atoms with Crippen molar-refractivity contribution in [2.45, 2.75) is 32.4 Å². The van der Waals surface area contributed by atoms with Gasteiger partial charge in [-0.1, -0.05) is 29.8 Å². The highest BCUT2D eigenvalue weighted by Crippen LogP contribution is 2.06. The van der Waals surface area contributed by atoms with Gasteiger partial charge >= 0.3 is 0 Å². The number of hydrogen-bond donors (Lipinski definition) is 2. The van der Waals surface area contributed by atoms with Crippen LogP contribution in [-0.4, -0.2) is 19.1 Å². The van der Waals surface area contributed by atoms with Crippen LogP contribution in [0.1, 0.15) is 24.0 Å². The number of aryl methyl sites for hydroxylation is 1. The van der Waals surface area contributed by atoms with Crippen LogP contribution in [0.25, 0.3) is 0 Å². The van der Waals surface area contributed by atoms with Gasteiger partial charge in [-0.05, 0) is 38.4 Å². The predicted molar refractivity (Wildman–Crippen MR) is 63.9 cm³/mol. The second-order valence-electron chi connectivity index (χ2n) is 4.39. The molecule has 1 aliphatic rings. The maximum Gasteiger partial charge on any atom is 0.0208 e. The molecular weight excluding hydrogens is 184 g/mol. The molecule has 82 valence electrons. The normalized spacial score (nSPS) is 17.9. The van der Waals surface area contributed by atoms with Gasteiger partial charge in [0.1, 0.15) is 0 Å². The number of hydrogen-bond acceptors (Lipinski definition) is 2. The van der Waals surface area contributed by atoms with Crippen molar-refractivity contribution in [2.75, 3.05) is 13.1 Å². The summed E-state index contributed by atoms with van der Waals surface area (Å²) >= 11 is 0. The molecule has 2 heteroatoms. The summed E-state index contributed by atoms with van der Waals surface area (Å²) in [5.74, 6) is 0. The Balaban J connectivity index is 1.81. The third kappa shape index (κ3) is 3.33. The van der Waals surface area contributed by atoms with E-state index in [0.29, 0.717) is 6.04 Å². The minimum atomic E-state index is 0.701. The third-order valence-electron chi connectivity index (χ3n) is 3.02. The Bertz CT molecular complexity index is 303. The molecular formula is C13H20N2. The van der Waals surface area contributed by atoms with E-state index in [1.54, 1.807) is 0 Å². The molecule has 1 fully saturated rings. The van der Waals surface area contributed by atoms with Gasteiger partial charge < -0.3 is 10.6 Å². The smallest absolute Gasteiger partial charge is 0.0208 e. The lowest BCUT2D eigenvalue weighted by molar-refractivity contribution is 0.386. The van der Waals surface area contributed by atoms with Gasteiger partial charge in [0.25, 0.3) is 0 Å². The average molecular weight is 204 g/mol. The molecule has 0 aliphatic carbocycles. The van der Waals surface area contributed by atoms with Crippen molar-refractivity contribution < 1.29 is 0 Å². The Labute approximate surface area is 92.1 Å². The van der Waals surface area contributed by atoms with Gasteiger partial charge in [0.2, 0.25) is 0 Å². The van der Waals surface area contributed by atoms with Crippen molar-refractivity contribution in [2.24, 2.45) is 0 Å². The molecule has 2 N–H and O–H groups in total. The second kappa shape index (κ2) is 5.29. The van der Waals surface area contributed by atoms with Gasteiger partial charge in [0.05, 0.1) is 0 Å². The zero-order valence-corrected chi connectivity index (χ0v) is 9.42. The second-order valence-corrected chi connectivity index (χ2v) is 4.39. The van der Waals surface area contributed by atoms with Crippen LogP contribution in [-0.2, 0) is 6.54 Å². The number of piperidine rings is 1. The molecule has 0 bridgehead atoms. The first kappa shape index (κ1) is 10.7. The van der Waals surface area contributed by atoms with Gasteiger partial charge in [-0.3, -0.25) is 0 Å². The van der Waals surface area contributed by atoms with E-state index >= 15 is 0 Å². The summed E-state index contributed by atoms with van der Waals surface area (Å²) in [6.07, 6.45) is 2.51. The van der Waals surface area contributed by atoms with Gasteiger partial charge in [-0.25, -0.2) is 0 Å². The van der Waals surface area contributed by atoms with Crippen molar-refractivity contribution in [1.82, 2.24) is 10.6 Å². The molecule has 15 heavy (non-hydrogen) atoms. The largest absolute Gasteiger partial charge is 0.317 e. The summed E-state index contributed by atoms with van der Waals surface area (Å²) in [6.45, 7) is 5.47. The zero-order chi connectivity index (χ0) is 10.5. The van der Waals surface area contributed by atoms with Crippen molar-refractivity contribution in [3.05, 3.63) is 35.4 Å². The lowest BCUT2D eigenvalue weighted by atomic mass is 10.1. The van der Waals surface area contributed by atoms with Crippen molar-refractivity contribution in [1.29, 1.82) is 0 Å². The molecule has 2 rings (SSSR count). The minimum Gasteiger partial charge on any atom is -0.317 e. The molecule has 1 aliphatic heterocycles. The molecule has 0 unspecified atom stereocenters. The predicted octanol–water partition coefficient (Wildman–Crippen LogP) is 1.84. The Morgan fingerprint density at radius 3 is 2.87 bits per heavy atom. The Morgan fingerprint density at radius 2 is 2.13 bits per heavy atom. The summed E-state index contributed by atoms with van der Waals surface area (Å²) in [4.78, 5) is 0. The molecule has 0 atom stereocenters. The summed E-state index contributed by atoms with van der Waals surface area (Å²) in [5, 5.41) is 7.01. The van der Waals surface area contributed by atoms with Gasteiger partial charge in [0, 0.05) is 12.6 Å². The third-order valence-corrected chi connectivity index (χ3v) is 3.02. The summed E-state index contributed by atoms with van der Waals surface area (Å²) in [7, 11) is 0. The number of rotatable bonds is 3. The van der Waals surface area contributed by atoms with E-state index in [0.717, 1.165) is 19.6 Å². The van der Waals surface area contributed by atoms with E-state index in [4.69, 9.17) is 0 Å². The lowest BCUT2D eigenvalue weighted by Gasteiger charge is -2.23. The lowest BCUT2D eigenvalue weighted by Crippen LogP contribution is -2.39. The first-order valence-electron chi connectivity index (χ1n) is 5.84. The molecule has 0 amide bonds. The van der Waals surface area contributed by atoms with Crippen molar-refractivity contribution in [3.63, 3.8) is 0 Å². The molecule has 1 heterocycles. The number of benzene rings is 1. The average Bonchev–Trinajstić information content (AvgIpc) is 2.28. The van der Waals surface area contributed by atoms with Gasteiger partial charge in [-0.2, -0.15) is 0 Å². The van der Waals surface area contributed by atoms with E-state index < -0.39 is 0 Å². The maximum atomic E-state index is 3.63. The Hall–Kier alpha value is -0.860. The minimum absolute atomic E-state index is 0.701. The molecule has 0 saturated carbocycles. The molecule has 1 aromatic rings. The fraction of sp³-hybridized carbons (Fsp3) is 0.538. The van der Waals surface area contributed by atoms with E-state index in [1.165, 1.54) is 24.0 Å². The van der Waals surface area contributed by atoms with Crippen LogP contribution in [0, 0.1) is 6.92 Å². The molecule has 1 saturated heterocycles. The van der Waals surface area contributed by atoms with Crippen LogP contribution < -0.4 is 10.6 Å². The highest BCUT2D eigenvalue weighted by Gasteiger charge is 2.11. The Morgan fingerprint density at radius 1 is 1.33 bits per heavy atom. The van der Waals surface area contributed by atoms with Crippen LogP contribution >= 0.6 is 0 Å². The van der Waals surface area contributed by atoms with E-state index in [9.17, 15) is 0 Å². The van der Waals surface area contributed by atoms with Crippen LogP contribution in [0.4, 0.5) is 0 Å². The summed E-state index contributed by atoms with van der Waals surface area (Å²) in [5.41, 5.74) is 2.74. The maximum absolute atomic E-state index is 3.63. The highest BCUT2D eigenvalue weighted by molar-refractivity contribution is 5.22. The topological polar surface area (TPSA) is 24.1 Å². The zero-order valence-electron chi connectivity index (χ0n) is 9.42. The van der Waals surface area contributed by atoms with Crippen molar-refractivity contribution >= 4 is 0 Å². The van der Waals surface area contributed by atoms with E-state index in [2.05, 4.69) is 41.8 Å². The van der Waals surface area contributed by atoms with Crippen LogP contribution in [0.5, 0.6) is 0 Å². The number of nitrogens with one attached hydrogen (secondary N) is 2. The van der Waals surface area contributed by atoms with Gasteiger partial charge in [-0.15, -0.1) is 0 Å². The molecule has 0 aromatic heterocycles. The monoisotopic (exact) mass is 204 g/mol. The molecule has 2 nitrogen and oxygen atoms in total. The molecule has 0 radical (unpaired) electrons.